The number of nitrogens with two attached hydrogens (primary N) is 1. The molecule has 9 nitrogen and oxygen atoms in total. The van der Waals surface area contributed by atoms with Gasteiger partial charge in [0.05, 0.1) is 12.1 Å². The zero-order valence-electron chi connectivity index (χ0n) is 15.8. The number of nitrogens with one attached hydrogen (secondary N) is 2. The van der Waals surface area contributed by atoms with Gasteiger partial charge in [-0.1, -0.05) is 29.8 Å². The number of methoxy groups -OCH3 is 1. The average Bonchev–Trinajstić information content (AvgIpc) is 2.70. The topological polar surface area (TPSA) is 144 Å². The van der Waals surface area contributed by atoms with Crippen molar-refractivity contribution >= 4 is 41.2 Å². The zero-order chi connectivity index (χ0) is 22.1. The molecule has 0 spiro atoms. The fourth-order valence-electron chi connectivity index (χ4n) is 2.31. The SMILES string of the molecule is COc1cc(/C=C(/C#N)C(=O)NC(N)=O)cc(Cl)c1OCC(=O)Nc1ccccc1. The molecule has 4 amide bonds. The highest BCUT2D eigenvalue weighted by Gasteiger charge is 2.16. The Morgan fingerprint density at radius 3 is 2.53 bits per heavy atom. The quantitative estimate of drug-likeness (QED) is 0.456. The Kier molecular flexibility index (Phi) is 7.79. The highest BCUT2D eigenvalue weighted by atomic mass is 35.5. The molecule has 2 aromatic rings. The van der Waals surface area contributed by atoms with Gasteiger partial charge in [0.2, 0.25) is 0 Å². The third-order valence-corrected chi connectivity index (χ3v) is 3.85. The fraction of sp³-hybridized carbons (Fsp3) is 0.100. The fourth-order valence-corrected chi connectivity index (χ4v) is 2.59. The minimum Gasteiger partial charge on any atom is -0.493 e. The molecule has 2 aromatic carbocycles. The van der Waals surface area contributed by atoms with Gasteiger partial charge in [-0.05, 0) is 35.9 Å². The highest BCUT2D eigenvalue weighted by Crippen LogP contribution is 2.37. The second-order valence-electron chi connectivity index (χ2n) is 5.73. The molecule has 154 valence electrons. The van der Waals surface area contributed by atoms with Crippen LogP contribution in [-0.4, -0.2) is 31.6 Å². The van der Waals surface area contributed by atoms with E-state index in [0.29, 0.717) is 11.3 Å². The summed E-state index contributed by atoms with van der Waals surface area (Å²) in [6.45, 7) is -0.329. The van der Waals surface area contributed by atoms with Crippen molar-refractivity contribution in [2.45, 2.75) is 0 Å². The van der Waals surface area contributed by atoms with Crippen molar-refractivity contribution < 1.29 is 23.9 Å². The van der Waals surface area contributed by atoms with Crippen molar-refractivity contribution in [2.75, 3.05) is 19.0 Å². The van der Waals surface area contributed by atoms with Crippen LogP contribution in [0.3, 0.4) is 0 Å². The molecule has 0 radical (unpaired) electrons. The number of hydrogen-bond acceptors (Lipinski definition) is 6. The number of amides is 4. The molecular formula is C20H17ClN4O5. The largest absolute Gasteiger partial charge is 0.493 e. The summed E-state index contributed by atoms with van der Waals surface area (Å²) in [7, 11) is 1.36. The lowest BCUT2D eigenvalue weighted by Gasteiger charge is -2.13. The second-order valence-corrected chi connectivity index (χ2v) is 6.13. The Bertz CT molecular complexity index is 1030. The van der Waals surface area contributed by atoms with E-state index < -0.39 is 17.8 Å². The predicted octanol–water partition coefficient (Wildman–Crippen LogP) is 2.47. The number of rotatable bonds is 7. The van der Waals surface area contributed by atoms with Crippen LogP contribution >= 0.6 is 11.6 Å². The molecule has 10 heteroatoms. The number of nitriles is 1. The van der Waals surface area contributed by atoms with Gasteiger partial charge in [0.1, 0.15) is 11.6 Å². The maximum absolute atomic E-state index is 12.1. The van der Waals surface area contributed by atoms with Gasteiger partial charge in [-0.3, -0.25) is 14.9 Å². The Morgan fingerprint density at radius 2 is 1.93 bits per heavy atom. The summed E-state index contributed by atoms with van der Waals surface area (Å²) in [4.78, 5) is 34.6. The van der Waals surface area contributed by atoms with Gasteiger partial charge in [0.25, 0.3) is 11.8 Å². The highest BCUT2D eigenvalue weighted by molar-refractivity contribution is 6.32. The molecule has 4 N–H and O–H groups in total. The summed E-state index contributed by atoms with van der Waals surface area (Å²) in [5.74, 6) is -1.08. The number of primary amides is 1. The molecule has 2 rings (SSSR count). The number of carbonyl (C=O) groups excluding carboxylic acids is 3. The van der Waals surface area contributed by atoms with E-state index in [0.717, 1.165) is 0 Å². The molecule has 0 fully saturated rings. The first-order valence-corrected chi connectivity index (χ1v) is 8.79. The first-order chi connectivity index (χ1) is 14.3. The summed E-state index contributed by atoms with van der Waals surface area (Å²) >= 11 is 6.22. The van der Waals surface area contributed by atoms with Crippen molar-refractivity contribution in [2.24, 2.45) is 5.73 Å². The van der Waals surface area contributed by atoms with E-state index in [-0.39, 0.29) is 28.7 Å². The number of para-hydroxylation sites is 1. The number of urea groups is 1. The second kappa shape index (κ2) is 10.5. The maximum Gasteiger partial charge on any atom is 0.319 e. The van der Waals surface area contributed by atoms with Gasteiger partial charge in [-0.15, -0.1) is 0 Å². The summed E-state index contributed by atoms with van der Waals surface area (Å²) in [5.41, 5.74) is 5.45. The summed E-state index contributed by atoms with van der Waals surface area (Å²) in [6, 6.07) is 12.3. The molecule has 0 heterocycles. The molecule has 0 atom stereocenters. The zero-order valence-corrected chi connectivity index (χ0v) is 16.5. The van der Waals surface area contributed by atoms with Crippen molar-refractivity contribution in [1.82, 2.24) is 5.32 Å². The lowest BCUT2D eigenvalue weighted by Crippen LogP contribution is -2.35. The van der Waals surface area contributed by atoms with E-state index in [2.05, 4.69) is 5.32 Å². The number of halogens is 1. The number of ether oxygens (including phenoxy) is 2. The number of anilines is 1. The first-order valence-electron chi connectivity index (χ1n) is 8.42. The van der Waals surface area contributed by atoms with Gasteiger partial charge < -0.3 is 20.5 Å². The minimum absolute atomic E-state index is 0.0840. The lowest BCUT2D eigenvalue weighted by molar-refractivity contribution is -0.118. The van der Waals surface area contributed by atoms with Gasteiger partial charge >= 0.3 is 6.03 Å². The molecule has 0 saturated heterocycles. The molecule has 0 aliphatic heterocycles. The van der Waals surface area contributed by atoms with Crippen molar-refractivity contribution in [1.29, 1.82) is 5.26 Å². The van der Waals surface area contributed by atoms with Crippen LogP contribution in [0.15, 0.2) is 48.0 Å². The van der Waals surface area contributed by atoms with E-state index in [9.17, 15) is 14.4 Å². The van der Waals surface area contributed by atoms with Gasteiger partial charge in [-0.2, -0.15) is 5.26 Å². The van der Waals surface area contributed by atoms with Gasteiger partial charge in [0, 0.05) is 5.69 Å². The Labute approximate surface area is 177 Å². The molecule has 0 saturated carbocycles. The van der Waals surface area contributed by atoms with Gasteiger partial charge in [-0.25, -0.2) is 4.79 Å². The smallest absolute Gasteiger partial charge is 0.319 e. The van der Waals surface area contributed by atoms with Crippen LogP contribution in [-0.2, 0) is 9.59 Å². The summed E-state index contributed by atoms with van der Waals surface area (Å²) in [6.07, 6.45) is 1.19. The van der Waals surface area contributed by atoms with E-state index in [1.54, 1.807) is 35.7 Å². The van der Waals surface area contributed by atoms with Crippen LogP contribution in [0, 0.1) is 11.3 Å². The minimum atomic E-state index is -1.09. The lowest BCUT2D eigenvalue weighted by atomic mass is 10.1. The number of hydrogen-bond donors (Lipinski definition) is 3. The van der Waals surface area contributed by atoms with Crippen LogP contribution in [0.2, 0.25) is 5.02 Å². The van der Waals surface area contributed by atoms with E-state index >= 15 is 0 Å². The molecule has 30 heavy (non-hydrogen) atoms. The Hall–Kier alpha value is -4.03. The molecule has 0 aromatic heterocycles. The normalized spacial score (nSPS) is 10.5. The van der Waals surface area contributed by atoms with Crippen molar-refractivity contribution in [3.8, 4) is 17.6 Å². The van der Waals surface area contributed by atoms with E-state index in [4.69, 9.17) is 32.1 Å². The van der Waals surface area contributed by atoms with Crippen LogP contribution in [0.1, 0.15) is 5.56 Å². The average molecular weight is 429 g/mol. The number of imide groups is 1. The molecule has 0 aliphatic rings. The van der Waals surface area contributed by atoms with Crippen molar-refractivity contribution in [3.05, 3.63) is 58.6 Å². The monoisotopic (exact) mass is 428 g/mol. The van der Waals surface area contributed by atoms with Crippen LogP contribution < -0.4 is 25.8 Å². The Balaban J connectivity index is 2.18. The van der Waals surface area contributed by atoms with Gasteiger partial charge in [0.15, 0.2) is 18.1 Å². The summed E-state index contributed by atoms with van der Waals surface area (Å²) < 4.78 is 10.7. The third-order valence-electron chi connectivity index (χ3n) is 3.57. The molecule has 0 bridgehead atoms. The summed E-state index contributed by atoms with van der Waals surface area (Å²) in [5, 5.41) is 13.7. The van der Waals surface area contributed by atoms with E-state index in [1.807, 2.05) is 6.07 Å². The number of benzene rings is 2. The van der Waals surface area contributed by atoms with Crippen LogP contribution in [0.5, 0.6) is 11.5 Å². The van der Waals surface area contributed by atoms with Crippen LogP contribution in [0.4, 0.5) is 10.5 Å². The standard InChI is InChI=1S/C20H17ClN4O5/c1-29-16-9-12(7-13(10-22)19(27)25-20(23)28)8-15(21)18(16)30-11-17(26)24-14-5-3-2-4-6-14/h2-9H,11H2,1H3,(H,24,26)(H3,23,25,27,28)/b13-7-. The van der Waals surface area contributed by atoms with Crippen LogP contribution in [0.25, 0.3) is 6.08 Å². The maximum atomic E-state index is 12.1. The molecular weight excluding hydrogens is 412 g/mol. The predicted molar refractivity (Wildman–Crippen MR) is 110 cm³/mol. The number of carbonyl (C=O) groups is 3. The van der Waals surface area contributed by atoms with Crippen molar-refractivity contribution in [3.63, 3.8) is 0 Å². The number of nitrogens with zero attached hydrogens (tertiary/aromatic N) is 1. The first kappa shape index (κ1) is 22.3. The molecule has 0 aliphatic carbocycles. The molecule has 0 unspecified atom stereocenters. The third kappa shape index (κ3) is 6.25. The Morgan fingerprint density at radius 1 is 1.23 bits per heavy atom. The van der Waals surface area contributed by atoms with E-state index in [1.165, 1.54) is 25.3 Å².